The van der Waals surface area contributed by atoms with Crippen molar-refractivity contribution in [3.63, 3.8) is 0 Å². The van der Waals surface area contributed by atoms with Gasteiger partial charge >= 0.3 is 0 Å². The monoisotopic (exact) mass is 215 g/mol. The van der Waals surface area contributed by atoms with E-state index in [-0.39, 0.29) is 5.75 Å². The fraction of sp³-hybridized carbons (Fsp3) is 0.750. The Balaban J connectivity index is 2.68. The van der Waals surface area contributed by atoms with Gasteiger partial charge in [-0.25, -0.2) is 18.1 Å². The summed E-state index contributed by atoms with van der Waals surface area (Å²) in [5.41, 5.74) is 0. The van der Waals surface area contributed by atoms with Crippen LogP contribution in [0.5, 0.6) is 0 Å². The zero-order chi connectivity index (χ0) is 10.6. The van der Waals surface area contributed by atoms with Crippen molar-refractivity contribution < 1.29 is 8.42 Å². The van der Waals surface area contributed by atoms with Gasteiger partial charge in [0, 0.05) is 0 Å². The fourth-order valence-electron chi connectivity index (χ4n) is 1.66. The molecule has 5 nitrogen and oxygen atoms in total. The van der Waals surface area contributed by atoms with Gasteiger partial charge in [0.25, 0.3) is 0 Å². The standard InChI is InChI=1S/C8H13N3O2S/c1-6-9-7-8(2,3)14(12,13)5-4-11(7)10-6/h4-5H2,1-3H3. The molecule has 1 aliphatic heterocycles. The van der Waals surface area contributed by atoms with Gasteiger partial charge in [-0.1, -0.05) is 0 Å². The van der Waals surface area contributed by atoms with Crippen molar-refractivity contribution in [2.45, 2.75) is 32.1 Å². The summed E-state index contributed by atoms with van der Waals surface area (Å²) in [4.78, 5) is 4.17. The maximum atomic E-state index is 11.8. The van der Waals surface area contributed by atoms with E-state index in [1.807, 2.05) is 0 Å². The molecule has 0 aliphatic carbocycles. The van der Waals surface area contributed by atoms with Crippen LogP contribution in [0.15, 0.2) is 0 Å². The molecule has 14 heavy (non-hydrogen) atoms. The Hall–Kier alpha value is -0.910. The zero-order valence-electron chi connectivity index (χ0n) is 8.48. The minimum Gasteiger partial charge on any atom is -0.247 e. The van der Waals surface area contributed by atoms with Crippen LogP contribution in [0.4, 0.5) is 0 Å². The van der Waals surface area contributed by atoms with Crippen molar-refractivity contribution in [2.24, 2.45) is 0 Å². The van der Waals surface area contributed by atoms with Gasteiger partial charge in [-0.2, -0.15) is 5.10 Å². The Labute approximate surface area is 83.1 Å². The smallest absolute Gasteiger partial charge is 0.164 e. The molecule has 0 fully saturated rings. The maximum Gasteiger partial charge on any atom is 0.164 e. The Morgan fingerprint density at radius 1 is 1.43 bits per heavy atom. The normalized spacial score (nSPS) is 23.1. The van der Waals surface area contributed by atoms with E-state index in [2.05, 4.69) is 10.1 Å². The van der Waals surface area contributed by atoms with E-state index < -0.39 is 14.6 Å². The van der Waals surface area contributed by atoms with Gasteiger partial charge in [-0.3, -0.25) is 0 Å². The molecule has 1 aliphatic rings. The highest BCUT2D eigenvalue weighted by Crippen LogP contribution is 2.32. The third-order valence-electron chi connectivity index (χ3n) is 2.67. The topological polar surface area (TPSA) is 64.8 Å². The number of aryl methyl sites for hydroxylation is 2. The molecular formula is C8H13N3O2S. The Morgan fingerprint density at radius 3 is 2.71 bits per heavy atom. The summed E-state index contributed by atoms with van der Waals surface area (Å²) in [5, 5.41) is 4.15. The highest BCUT2D eigenvalue weighted by Gasteiger charge is 2.43. The molecule has 0 N–H and O–H groups in total. The number of rotatable bonds is 0. The summed E-state index contributed by atoms with van der Waals surface area (Å²) in [6.07, 6.45) is 0. The minimum absolute atomic E-state index is 0.149. The second-order valence-electron chi connectivity index (χ2n) is 4.03. The highest BCUT2D eigenvalue weighted by atomic mass is 32.2. The molecule has 0 saturated carbocycles. The van der Waals surface area contributed by atoms with E-state index >= 15 is 0 Å². The summed E-state index contributed by atoms with van der Waals surface area (Å²) in [6, 6.07) is 0. The predicted molar refractivity (Wildman–Crippen MR) is 51.6 cm³/mol. The van der Waals surface area contributed by atoms with Gasteiger partial charge in [0.2, 0.25) is 0 Å². The lowest BCUT2D eigenvalue weighted by Gasteiger charge is -2.28. The maximum absolute atomic E-state index is 11.8. The van der Waals surface area contributed by atoms with Crippen LogP contribution in [0.25, 0.3) is 0 Å². The van der Waals surface area contributed by atoms with E-state index in [9.17, 15) is 8.42 Å². The number of hydrogen-bond acceptors (Lipinski definition) is 4. The quantitative estimate of drug-likeness (QED) is 0.622. The van der Waals surface area contributed by atoms with E-state index in [0.29, 0.717) is 18.2 Å². The second kappa shape index (κ2) is 2.56. The number of hydrogen-bond donors (Lipinski definition) is 0. The first-order valence-corrected chi connectivity index (χ1v) is 6.14. The summed E-state index contributed by atoms with van der Waals surface area (Å²) >= 11 is 0. The molecule has 2 rings (SSSR count). The molecule has 78 valence electrons. The van der Waals surface area contributed by atoms with Gasteiger partial charge in [0.05, 0.1) is 12.3 Å². The average Bonchev–Trinajstić information content (AvgIpc) is 2.42. The van der Waals surface area contributed by atoms with Crippen LogP contribution in [-0.2, 0) is 21.1 Å². The molecule has 0 bridgehead atoms. The van der Waals surface area contributed by atoms with Gasteiger partial charge in [-0.05, 0) is 20.8 Å². The molecular weight excluding hydrogens is 202 g/mol. The molecule has 0 spiro atoms. The largest absolute Gasteiger partial charge is 0.247 e. The van der Waals surface area contributed by atoms with E-state index in [1.54, 1.807) is 25.5 Å². The van der Waals surface area contributed by atoms with E-state index in [1.165, 1.54) is 0 Å². The average molecular weight is 215 g/mol. The SMILES string of the molecule is Cc1nc2n(n1)CCS(=O)(=O)C2(C)C. The number of sulfone groups is 1. The van der Waals surface area contributed by atoms with Crippen LogP contribution in [0.3, 0.4) is 0 Å². The highest BCUT2D eigenvalue weighted by molar-refractivity contribution is 7.92. The van der Waals surface area contributed by atoms with Crippen LogP contribution in [0.1, 0.15) is 25.5 Å². The third kappa shape index (κ3) is 1.10. The Bertz CT molecular complexity index is 473. The number of nitrogens with zero attached hydrogens (tertiary/aromatic N) is 3. The first-order chi connectivity index (χ1) is 6.34. The minimum atomic E-state index is -3.08. The van der Waals surface area contributed by atoms with Gasteiger partial charge in [-0.15, -0.1) is 0 Å². The van der Waals surface area contributed by atoms with Crippen molar-refractivity contribution in [2.75, 3.05) is 5.75 Å². The lowest BCUT2D eigenvalue weighted by Crippen LogP contribution is -2.40. The Morgan fingerprint density at radius 2 is 2.07 bits per heavy atom. The lowest BCUT2D eigenvalue weighted by molar-refractivity contribution is 0.480. The summed E-state index contributed by atoms with van der Waals surface area (Å²) in [6.45, 7) is 5.55. The van der Waals surface area contributed by atoms with Crippen LogP contribution >= 0.6 is 0 Å². The predicted octanol–water partition coefficient (Wildman–Crippen LogP) is 0.250. The van der Waals surface area contributed by atoms with Gasteiger partial charge < -0.3 is 0 Å². The molecule has 0 aromatic carbocycles. The molecule has 0 saturated heterocycles. The molecule has 2 heterocycles. The second-order valence-corrected chi connectivity index (χ2v) is 6.69. The lowest BCUT2D eigenvalue weighted by atomic mass is 10.2. The van der Waals surface area contributed by atoms with E-state index in [0.717, 1.165) is 0 Å². The fourth-order valence-corrected chi connectivity index (χ4v) is 3.01. The zero-order valence-corrected chi connectivity index (χ0v) is 9.30. The van der Waals surface area contributed by atoms with Crippen LogP contribution in [-0.4, -0.2) is 28.9 Å². The number of aromatic nitrogens is 3. The van der Waals surface area contributed by atoms with Crippen LogP contribution in [0.2, 0.25) is 0 Å². The molecule has 0 unspecified atom stereocenters. The molecule has 1 aromatic rings. The Kier molecular flexibility index (Phi) is 1.76. The summed E-state index contributed by atoms with van der Waals surface area (Å²) in [5.74, 6) is 1.34. The first kappa shape index (κ1) is 9.64. The molecule has 0 amide bonds. The first-order valence-electron chi connectivity index (χ1n) is 4.49. The van der Waals surface area contributed by atoms with Gasteiger partial charge in [0.1, 0.15) is 16.4 Å². The summed E-state index contributed by atoms with van der Waals surface area (Å²) in [7, 11) is -3.08. The summed E-state index contributed by atoms with van der Waals surface area (Å²) < 4.78 is 24.4. The molecule has 1 aromatic heterocycles. The van der Waals surface area contributed by atoms with Crippen molar-refractivity contribution >= 4 is 9.84 Å². The van der Waals surface area contributed by atoms with Crippen molar-refractivity contribution in [3.05, 3.63) is 11.6 Å². The van der Waals surface area contributed by atoms with Crippen molar-refractivity contribution in [1.82, 2.24) is 14.8 Å². The van der Waals surface area contributed by atoms with Crippen LogP contribution in [0, 0.1) is 6.92 Å². The molecule has 0 atom stereocenters. The number of fused-ring (bicyclic) bond motifs is 1. The van der Waals surface area contributed by atoms with Crippen LogP contribution < -0.4 is 0 Å². The van der Waals surface area contributed by atoms with Crippen molar-refractivity contribution in [1.29, 1.82) is 0 Å². The van der Waals surface area contributed by atoms with Gasteiger partial charge in [0.15, 0.2) is 9.84 Å². The molecule has 6 heteroatoms. The van der Waals surface area contributed by atoms with Crippen molar-refractivity contribution in [3.8, 4) is 0 Å². The third-order valence-corrected chi connectivity index (χ3v) is 5.12. The van der Waals surface area contributed by atoms with E-state index in [4.69, 9.17) is 0 Å². The molecule has 0 radical (unpaired) electrons.